The largest absolute Gasteiger partial charge is 0.366 e. The number of amides is 4. The lowest BCUT2D eigenvalue weighted by Crippen LogP contribution is -2.48. The predicted octanol–water partition coefficient (Wildman–Crippen LogP) is 3.09. The molecule has 1 fully saturated rings. The number of primary amides is 1. The van der Waals surface area contributed by atoms with Crippen molar-refractivity contribution in [1.82, 2.24) is 9.80 Å². The van der Waals surface area contributed by atoms with Gasteiger partial charge in [0.25, 0.3) is 0 Å². The third-order valence-electron chi connectivity index (χ3n) is 5.81. The summed E-state index contributed by atoms with van der Waals surface area (Å²) in [5.41, 5.74) is 7.47. The molecule has 0 bridgehead atoms. The van der Waals surface area contributed by atoms with Gasteiger partial charge in [-0.3, -0.25) is 24.1 Å². The van der Waals surface area contributed by atoms with Crippen molar-refractivity contribution < 1.29 is 19.2 Å². The highest BCUT2D eigenvalue weighted by molar-refractivity contribution is 6.37. The monoisotopic (exact) mass is 449 g/mol. The predicted molar refractivity (Wildman–Crippen MR) is 125 cm³/mol. The Bertz CT molecular complexity index is 1020. The lowest BCUT2D eigenvalue weighted by atomic mass is 9.92. The van der Waals surface area contributed by atoms with Gasteiger partial charge < -0.3 is 10.6 Å². The lowest BCUT2D eigenvalue weighted by Gasteiger charge is -2.27. The zero-order chi connectivity index (χ0) is 24.0. The van der Waals surface area contributed by atoms with Gasteiger partial charge in [0.05, 0.1) is 0 Å². The third-order valence-corrected chi connectivity index (χ3v) is 5.81. The summed E-state index contributed by atoms with van der Waals surface area (Å²) in [5, 5.41) is 0. The molecule has 1 heterocycles. The van der Waals surface area contributed by atoms with Gasteiger partial charge in [-0.05, 0) is 47.9 Å². The Labute approximate surface area is 194 Å². The first-order valence-electron chi connectivity index (χ1n) is 11.3. The van der Waals surface area contributed by atoms with Crippen LogP contribution in [0.3, 0.4) is 0 Å². The van der Waals surface area contributed by atoms with Crippen LogP contribution >= 0.6 is 0 Å². The van der Waals surface area contributed by atoms with Crippen LogP contribution in [0, 0.1) is 5.92 Å². The van der Waals surface area contributed by atoms with E-state index in [0.717, 1.165) is 16.9 Å². The molecule has 1 saturated heterocycles. The number of likely N-dealkylation sites (tertiary alicyclic amines) is 1. The second kappa shape index (κ2) is 10.9. The minimum Gasteiger partial charge on any atom is -0.366 e. The molecule has 0 radical (unpaired) electrons. The third kappa shape index (κ3) is 6.28. The highest BCUT2D eigenvalue weighted by Gasteiger charge is 2.34. The van der Waals surface area contributed by atoms with Gasteiger partial charge in [-0.2, -0.15) is 0 Å². The van der Waals surface area contributed by atoms with E-state index in [9.17, 15) is 19.2 Å². The van der Waals surface area contributed by atoms with Gasteiger partial charge in [0.15, 0.2) is 0 Å². The van der Waals surface area contributed by atoms with Crippen LogP contribution < -0.4 is 5.73 Å². The van der Waals surface area contributed by atoms with E-state index in [-0.39, 0.29) is 37.3 Å². The van der Waals surface area contributed by atoms with Gasteiger partial charge in [0, 0.05) is 31.6 Å². The van der Waals surface area contributed by atoms with Crippen LogP contribution in [0.4, 0.5) is 0 Å². The Morgan fingerprint density at radius 1 is 1.09 bits per heavy atom. The van der Waals surface area contributed by atoms with E-state index in [2.05, 4.69) is 0 Å². The Morgan fingerprint density at radius 2 is 1.82 bits per heavy atom. The second-order valence-electron chi connectivity index (χ2n) is 8.95. The minimum atomic E-state index is -0.791. The van der Waals surface area contributed by atoms with E-state index in [1.54, 1.807) is 24.3 Å². The van der Waals surface area contributed by atoms with Gasteiger partial charge in [-0.1, -0.05) is 56.3 Å². The molecule has 4 amide bonds. The molecule has 0 aliphatic carbocycles. The second-order valence-corrected chi connectivity index (χ2v) is 8.95. The topological polar surface area (TPSA) is 101 Å². The summed E-state index contributed by atoms with van der Waals surface area (Å²) in [4.78, 5) is 53.3. The maximum atomic E-state index is 13.2. The average Bonchev–Trinajstić information content (AvgIpc) is 2.99. The van der Waals surface area contributed by atoms with Crippen molar-refractivity contribution in [1.29, 1.82) is 0 Å². The van der Waals surface area contributed by atoms with Crippen molar-refractivity contribution in [2.45, 2.75) is 45.6 Å². The van der Waals surface area contributed by atoms with Gasteiger partial charge >= 0.3 is 11.8 Å². The molecule has 33 heavy (non-hydrogen) atoms. The summed E-state index contributed by atoms with van der Waals surface area (Å²) in [7, 11) is 0. The average molecular weight is 450 g/mol. The fourth-order valence-electron chi connectivity index (χ4n) is 4.22. The van der Waals surface area contributed by atoms with Gasteiger partial charge in [0.2, 0.25) is 11.8 Å². The first-order chi connectivity index (χ1) is 15.8. The van der Waals surface area contributed by atoms with Crippen LogP contribution in [0.5, 0.6) is 0 Å². The van der Waals surface area contributed by atoms with Crippen LogP contribution in [-0.4, -0.2) is 46.5 Å². The highest BCUT2D eigenvalue weighted by Crippen LogP contribution is 2.28. The smallest absolute Gasteiger partial charge is 0.318 e. The summed E-state index contributed by atoms with van der Waals surface area (Å²) < 4.78 is 0. The van der Waals surface area contributed by atoms with Gasteiger partial charge in [-0.25, -0.2) is 0 Å². The van der Waals surface area contributed by atoms with Crippen LogP contribution in [0.15, 0.2) is 54.6 Å². The number of imide groups is 1. The van der Waals surface area contributed by atoms with Crippen LogP contribution in [0.25, 0.3) is 0 Å². The Balaban J connectivity index is 1.75. The SMILES string of the molecule is CC(C)CN(Cc1cccc(C(N)=O)c1)C(=O)C(=O)N1CCCC(c2ccccc2)CC1=O. The molecule has 2 N–H and O–H groups in total. The molecule has 2 aromatic rings. The molecule has 7 heteroatoms. The zero-order valence-electron chi connectivity index (χ0n) is 19.2. The summed E-state index contributed by atoms with van der Waals surface area (Å²) >= 11 is 0. The summed E-state index contributed by atoms with van der Waals surface area (Å²) in [6, 6.07) is 16.5. The first-order valence-corrected chi connectivity index (χ1v) is 11.3. The van der Waals surface area contributed by atoms with Gasteiger partial charge in [0.1, 0.15) is 0 Å². The van der Waals surface area contributed by atoms with E-state index >= 15 is 0 Å². The molecule has 0 saturated carbocycles. The van der Waals surface area contributed by atoms with Crippen molar-refractivity contribution in [2.24, 2.45) is 11.7 Å². The number of rotatable bonds is 6. The lowest BCUT2D eigenvalue weighted by molar-refractivity contribution is -0.157. The molecule has 1 atom stereocenters. The molecule has 7 nitrogen and oxygen atoms in total. The maximum absolute atomic E-state index is 13.2. The molecule has 0 aromatic heterocycles. The number of nitrogens with zero attached hydrogens (tertiary/aromatic N) is 2. The van der Waals surface area contributed by atoms with Crippen LogP contribution in [-0.2, 0) is 20.9 Å². The molecule has 1 unspecified atom stereocenters. The molecular formula is C26H31N3O4. The molecular weight excluding hydrogens is 418 g/mol. The number of benzene rings is 2. The van der Waals surface area contributed by atoms with Crippen LogP contribution in [0.2, 0.25) is 0 Å². The van der Waals surface area contributed by atoms with Crippen molar-refractivity contribution in [3.05, 3.63) is 71.3 Å². The fourth-order valence-corrected chi connectivity index (χ4v) is 4.22. The van der Waals surface area contributed by atoms with E-state index in [0.29, 0.717) is 24.1 Å². The standard InChI is InChI=1S/C26H31N3O4/c1-18(2)16-28(17-19-8-6-11-22(14-19)24(27)31)25(32)26(33)29-13-7-12-21(15-23(29)30)20-9-4-3-5-10-20/h3-6,8-11,14,18,21H,7,12-13,15-17H2,1-2H3,(H2,27,31). The molecule has 1 aliphatic rings. The first kappa shape index (κ1) is 24.2. The van der Waals surface area contributed by atoms with Crippen molar-refractivity contribution >= 4 is 23.6 Å². The van der Waals surface area contributed by atoms with E-state index < -0.39 is 17.7 Å². The number of carbonyl (C=O) groups excluding carboxylic acids is 4. The Kier molecular flexibility index (Phi) is 7.98. The molecule has 174 valence electrons. The summed E-state index contributed by atoms with van der Waals surface area (Å²) in [6.45, 7) is 4.64. The highest BCUT2D eigenvalue weighted by atomic mass is 16.2. The van der Waals surface area contributed by atoms with E-state index in [1.165, 1.54) is 4.90 Å². The number of nitrogens with two attached hydrogens (primary N) is 1. The quantitative estimate of drug-likeness (QED) is 0.685. The fraction of sp³-hybridized carbons (Fsp3) is 0.385. The number of hydrogen-bond donors (Lipinski definition) is 1. The zero-order valence-corrected chi connectivity index (χ0v) is 19.2. The molecule has 3 rings (SSSR count). The Morgan fingerprint density at radius 3 is 2.48 bits per heavy atom. The molecule has 1 aliphatic heterocycles. The van der Waals surface area contributed by atoms with Gasteiger partial charge in [-0.15, -0.1) is 0 Å². The van der Waals surface area contributed by atoms with Crippen molar-refractivity contribution in [2.75, 3.05) is 13.1 Å². The van der Waals surface area contributed by atoms with E-state index in [4.69, 9.17) is 5.73 Å². The summed E-state index contributed by atoms with van der Waals surface area (Å²) in [5.74, 6) is -2.23. The molecule has 0 spiro atoms. The number of carbonyl (C=O) groups is 4. The molecule has 2 aromatic carbocycles. The van der Waals surface area contributed by atoms with Crippen molar-refractivity contribution in [3.8, 4) is 0 Å². The number of hydrogen-bond acceptors (Lipinski definition) is 4. The normalized spacial score (nSPS) is 16.4. The van der Waals surface area contributed by atoms with E-state index in [1.807, 2.05) is 44.2 Å². The Hall–Kier alpha value is -3.48. The maximum Gasteiger partial charge on any atom is 0.318 e. The minimum absolute atomic E-state index is 0.0370. The van der Waals surface area contributed by atoms with Crippen LogP contribution in [0.1, 0.15) is 60.5 Å². The van der Waals surface area contributed by atoms with Crippen molar-refractivity contribution in [3.63, 3.8) is 0 Å². The summed E-state index contributed by atoms with van der Waals surface area (Å²) in [6.07, 6.45) is 1.63.